The van der Waals surface area contributed by atoms with Crippen molar-refractivity contribution in [3.8, 4) is 0 Å². The minimum atomic E-state index is 1.28. The molecule has 1 rings (SSSR count). The fourth-order valence-electron chi connectivity index (χ4n) is 8.46. The fourth-order valence-corrected chi connectivity index (χ4v) is 8.46. The number of unbranched alkanes of at least 4 members (excludes halogenated alkanes) is 40. The van der Waals surface area contributed by atoms with Crippen LogP contribution in [0.2, 0.25) is 0 Å². The van der Waals surface area contributed by atoms with E-state index in [0.29, 0.717) is 0 Å². The summed E-state index contributed by atoms with van der Waals surface area (Å²) in [5.74, 6) is 0. The second-order valence-electron chi connectivity index (χ2n) is 17.5. The van der Waals surface area contributed by atoms with Crippen molar-refractivity contribution in [2.75, 3.05) is 0 Å². The van der Waals surface area contributed by atoms with Gasteiger partial charge in [0, 0.05) is 0 Å². The van der Waals surface area contributed by atoms with Crippen molar-refractivity contribution >= 4 is 0 Å². The first-order valence-corrected chi connectivity index (χ1v) is 24.9. The van der Waals surface area contributed by atoms with Crippen molar-refractivity contribution in [2.45, 2.75) is 296 Å². The smallest absolute Gasteiger partial charge is 0.0279 e. The molecule has 0 aliphatic carbocycles. The Hall–Kier alpha value is -0.780. The molecule has 0 spiro atoms. The molecule has 0 radical (unpaired) electrons. The van der Waals surface area contributed by atoms with Gasteiger partial charge in [-0.25, -0.2) is 0 Å². The molecule has 0 saturated heterocycles. The van der Waals surface area contributed by atoms with Crippen molar-refractivity contribution in [3.05, 3.63) is 35.4 Å². The molecule has 0 aromatic heterocycles. The summed E-state index contributed by atoms with van der Waals surface area (Å²) in [6, 6.07) is 9.59. The van der Waals surface area contributed by atoms with E-state index in [9.17, 15) is 0 Å². The maximum absolute atomic E-state index is 2.52. The highest BCUT2D eigenvalue weighted by molar-refractivity contribution is 5.23. The van der Waals surface area contributed by atoms with E-state index in [0.717, 1.165) is 0 Å². The molecule has 0 saturated carbocycles. The van der Waals surface area contributed by atoms with Crippen molar-refractivity contribution < 1.29 is 0 Å². The molecule has 0 heterocycles. The second-order valence-corrected chi connectivity index (χ2v) is 17.5. The van der Waals surface area contributed by atoms with Crippen molar-refractivity contribution in [2.24, 2.45) is 0 Å². The molecule has 0 amide bonds. The quantitative estimate of drug-likeness (QED) is 0.0588. The van der Waals surface area contributed by atoms with E-state index in [4.69, 9.17) is 0 Å². The maximum Gasteiger partial charge on any atom is -0.0279 e. The summed E-state index contributed by atoms with van der Waals surface area (Å²) in [7, 11) is 0. The first-order chi connectivity index (χ1) is 25.9. The monoisotopic (exact) mass is 723 g/mol. The zero-order valence-corrected chi connectivity index (χ0v) is 36.4. The Labute approximate surface area is 330 Å². The molecular weight excluding hydrogens is 625 g/mol. The molecule has 0 N–H and O–H groups in total. The molecule has 0 heteroatoms. The highest BCUT2D eigenvalue weighted by Gasteiger charge is 2.00. The zero-order chi connectivity index (χ0) is 37.1. The third-order valence-corrected chi connectivity index (χ3v) is 12.1. The third-order valence-electron chi connectivity index (χ3n) is 12.1. The van der Waals surface area contributed by atoms with Gasteiger partial charge in [-0.3, -0.25) is 0 Å². The Morgan fingerprint density at radius 2 is 0.404 bits per heavy atom. The molecule has 0 nitrogen and oxygen atoms in total. The molecule has 1 aromatic carbocycles. The lowest BCUT2D eigenvalue weighted by molar-refractivity contribution is 0.520. The van der Waals surface area contributed by atoms with Gasteiger partial charge in [-0.05, 0) is 36.8 Å². The highest BCUT2D eigenvalue weighted by atomic mass is 14.1. The van der Waals surface area contributed by atoms with E-state index >= 15 is 0 Å². The van der Waals surface area contributed by atoms with E-state index in [2.05, 4.69) is 38.1 Å². The third kappa shape index (κ3) is 37.5. The fraction of sp³-hybridized carbons (Fsp3) is 0.885. The Morgan fingerprint density at radius 1 is 0.231 bits per heavy atom. The number of rotatable bonds is 44. The zero-order valence-electron chi connectivity index (χ0n) is 36.4. The summed E-state index contributed by atoms with van der Waals surface area (Å²) in [6.45, 7) is 4.62. The molecular formula is C52H98. The van der Waals surface area contributed by atoms with Crippen molar-refractivity contribution in [1.82, 2.24) is 0 Å². The lowest BCUT2D eigenvalue weighted by Gasteiger charge is -2.07. The van der Waals surface area contributed by atoms with Crippen LogP contribution in [0.1, 0.15) is 295 Å². The second kappa shape index (κ2) is 43.0. The van der Waals surface area contributed by atoms with Crippen LogP contribution in [0.3, 0.4) is 0 Å². The predicted octanol–water partition coefficient (Wildman–Crippen LogP) is 19.2. The molecule has 1 aromatic rings. The topological polar surface area (TPSA) is 0 Å². The number of aryl methyl sites for hydroxylation is 2. The average Bonchev–Trinajstić information content (AvgIpc) is 3.16. The minimum absolute atomic E-state index is 1.28. The van der Waals surface area contributed by atoms with Gasteiger partial charge in [0.2, 0.25) is 0 Å². The van der Waals surface area contributed by atoms with Gasteiger partial charge in [-0.15, -0.1) is 0 Å². The van der Waals surface area contributed by atoms with Crippen molar-refractivity contribution in [1.29, 1.82) is 0 Å². The van der Waals surface area contributed by atoms with Crippen LogP contribution >= 0.6 is 0 Å². The molecule has 0 bridgehead atoms. The molecule has 0 aliphatic rings. The summed E-state index contributed by atoms with van der Waals surface area (Å²) < 4.78 is 0. The summed E-state index contributed by atoms with van der Waals surface area (Å²) >= 11 is 0. The van der Waals surface area contributed by atoms with E-state index in [1.54, 1.807) is 11.1 Å². The van der Waals surface area contributed by atoms with Crippen LogP contribution in [-0.2, 0) is 12.8 Å². The minimum Gasteiger partial charge on any atom is -0.0654 e. The van der Waals surface area contributed by atoms with E-state index in [1.807, 2.05) is 0 Å². The lowest BCUT2D eigenvalue weighted by atomic mass is 9.99. The van der Waals surface area contributed by atoms with Crippen LogP contribution in [0.15, 0.2) is 24.3 Å². The van der Waals surface area contributed by atoms with Gasteiger partial charge in [0.1, 0.15) is 0 Å². The van der Waals surface area contributed by atoms with Gasteiger partial charge in [0.15, 0.2) is 0 Å². The largest absolute Gasteiger partial charge is 0.0654 e. The molecule has 0 atom stereocenters. The summed E-state index contributed by atoms with van der Waals surface area (Å²) in [5, 5.41) is 0. The molecule has 0 fully saturated rings. The average molecular weight is 723 g/mol. The summed E-state index contributed by atoms with van der Waals surface area (Å²) in [5.41, 5.74) is 3.16. The summed E-state index contributed by atoms with van der Waals surface area (Å²) in [6.07, 6.45) is 64.0. The molecule has 0 unspecified atom stereocenters. The van der Waals surface area contributed by atoms with Gasteiger partial charge in [-0.2, -0.15) is 0 Å². The Morgan fingerprint density at radius 3 is 0.596 bits per heavy atom. The molecule has 306 valence electrons. The van der Waals surface area contributed by atoms with Gasteiger partial charge in [-0.1, -0.05) is 295 Å². The van der Waals surface area contributed by atoms with E-state index in [1.165, 1.54) is 283 Å². The van der Waals surface area contributed by atoms with Gasteiger partial charge in [0.25, 0.3) is 0 Å². The molecule has 0 aliphatic heterocycles. The standard InChI is InChI=1S/C52H98/c1-3-5-7-9-11-13-15-17-19-21-23-25-27-29-31-33-35-37-39-41-43-46-51-48-45-49-52(50-51)47-44-42-40-38-36-34-32-30-28-26-24-22-20-18-16-14-12-10-8-6-4-2/h45,48-50H,3-44,46-47H2,1-2H3. The number of hydrogen-bond donors (Lipinski definition) is 0. The van der Waals surface area contributed by atoms with Gasteiger partial charge < -0.3 is 0 Å². The van der Waals surface area contributed by atoms with Crippen LogP contribution in [-0.4, -0.2) is 0 Å². The van der Waals surface area contributed by atoms with E-state index < -0.39 is 0 Å². The Kier molecular flexibility index (Phi) is 40.7. The van der Waals surface area contributed by atoms with Crippen LogP contribution in [0.4, 0.5) is 0 Å². The summed E-state index contributed by atoms with van der Waals surface area (Å²) in [4.78, 5) is 0. The SMILES string of the molecule is CCCCCCCCCCCCCCCCCCCCCCCc1cccc(CCCCCCCCCCCCCCCCCCCCCCC)c1. The van der Waals surface area contributed by atoms with Gasteiger partial charge >= 0.3 is 0 Å². The Balaban J connectivity index is 1.79. The Bertz CT molecular complexity index is 717. The first-order valence-electron chi connectivity index (χ1n) is 24.9. The van der Waals surface area contributed by atoms with Crippen LogP contribution in [0.5, 0.6) is 0 Å². The number of hydrogen-bond acceptors (Lipinski definition) is 0. The van der Waals surface area contributed by atoms with Gasteiger partial charge in [0.05, 0.1) is 0 Å². The maximum atomic E-state index is 2.52. The van der Waals surface area contributed by atoms with E-state index in [-0.39, 0.29) is 0 Å². The number of benzene rings is 1. The highest BCUT2D eigenvalue weighted by Crippen LogP contribution is 2.18. The van der Waals surface area contributed by atoms with Crippen LogP contribution < -0.4 is 0 Å². The van der Waals surface area contributed by atoms with Crippen LogP contribution in [0, 0.1) is 0 Å². The molecule has 52 heavy (non-hydrogen) atoms. The lowest BCUT2D eigenvalue weighted by Crippen LogP contribution is -1.91. The van der Waals surface area contributed by atoms with Crippen molar-refractivity contribution in [3.63, 3.8) is 0 Å². The normalized spacial score (nSPS) is 11.6. The predicted molar refractivity (Wildman–Crippen MR) is 239 cm³/mol. The first kappa shape index (κ1) is 49.2. The van der Waals surface area contributed by atoms with Crippen LogP contribution in [0.25, 0.3) is 0 Å².